The highest BCUT2D eigenvalue weighted by atomic mass is 16.5. The Morgan fingerprint density at radius 3 is 2.29 bits per heavy atom. The van der Waals surface area contributed by atoms with Crippen LogP contribution in [-0.4, -0.2) is 42.3 Å². The molecule has 1 heterocycles. The zero-order valence-electron chi connectivity index (χ0n) is 12.2. The summed E-state index contributed by atoms with van der Waals surface area (Å²) in [4.78, 5) is 2.51. The van der Waals surface area contributed by atoms with Crippen LogP contribution < -0.4 is 5.73 Å². The molecule has 1 rings (SSSR count). The molecule has 2 N–H and O–H groups in total. The van der Waals surface area contributed by atoms with E-state index in [2.05, 4.69) is 39.6 Å². The Kier molecular flexibility index (Phi) is 5.42. The lowest BCUT2D eigenvalue weighted by Gasteiger charge is -2.50. The summed E-state index contributed by atoms with van der Waals surface area (Å²) >= 11 is 0. The highest BCUT2D eigenvalue weighted by Gasteiger charge is 2.41. The summed E-state index contributed by atoms with van der Waals surface area (Å²) in [7, 11) is 2.23. The zero-order chi connectivity index (χ0) is 13.1. The number of nitrogens with two attached hydrogens (primary N) is 1. The Hall–Kier alpha value is -0.120. The quantitative estimate of drug-likeness (QED) is 0.804. The second-order valence-electron chi connectivity index (χ2n) is 5.84. The van der Waals surface area contributed by atoms with Crippen LogP contribution in [-0.2, 0) is 4.74 Å². The van der Waals surface area contributed by atoms with E-state index in [0.717, 1.165) is 19.4 Å². The first-order chi connectivity index (χ1) is 7.95. The maximum absolute atomic E-state index is 6.10. The van der Waals surface area contributed by atoms with Crippen molar-refractivity contribution in [1.82, 2.24) is 4.90 Å². The van der Waals surface area contributed by atoms with Crippen LogP contribution in [0.1, 0.15) is 53.4 Å². The molecule has 3 atom stereocenters. The molecule has 3 heteroatoms. The van der Waals surface area contributed by atoms with Crippen LogP contribution in [0.4, 0.5) is 0 Å². The van der Waals surface area contributed by atoms with E-state index in [0.29, 0.717) is 18.2 Å². The molecule has 17 heavy (non-hydrogen) atoms. The molecule has 1 aliphatic rings. The van der Waals surface area contributed by atoms with E-state index in [-0.39, 0.29) is 5.54 Å². The van der Waals surface area contributed by atoms with Crippen molar-refractivity contribution in [3.63, 3.8) is 0 Å². The molecule has 0 aliphatic carbocycles. The molecule has 0 saturated carbocycles. The minimum atomic E-state index is 0.131. The van der Waals surface area contributed by atoms with Crippen LogP contribution in [0.3, 0.4) is 0 Å². The maximum atomic E-state index is 6.10. The SMILES string of the molecule is CCCC(C)N(C)C1(CN)CC(C)OC(C)C1. The van der Waals surface area contributed by atoms with E-state index in [9.17, 15) is 0 Å². The fourth-order valence-electron chi connectivity index (χ4n) is 3.32. The Balaban J connectivity index is 2.79. The van der Waals surface area contributed by atoms with Crippen molar-refractivity contribution in [2.24, 2.45) is 5.73 Å². The topological polar surface area (TPSA) is 38.5 Å². The molecule has 0 aromatic rings. The summed E-state index contributed by atoms with van der Waals surface area (Å²) < 4.78 is 5.85. The summed E-state index contributed by atoms with van der Waals surface area (Å²) in [6.45, 7) is 9.62. The fourth-order valence-corrected chi connectivity index (χ4v) is 3.32. The van der Waals surface area contributed by atoms with Crippen molar-refractivity contribution in [2.45, 2.75) is 77.2 Å². The van der Waals surface area contributed by atoms with Gasteiger partial charge in [0.05, 0.1) is 12.2 Å². The molecule has 0 aromatic heterocycles. The molecule has 1 fully saturated rings. The van der Waals surface area contributed by atoms with E-state index >= 15 is 0 Å². The summed E-state index contributed by atoms with van der Waals surface area (Å²) in [6.07, 6.45) is 5.21. The van der Waals surface area contributed by atoms with Crippen molar-refractivity contribution in [3.8, 4) is 0 Å². The second-order valence-corrected chi connectivity index (χ2v) is 5.84. The van der Waals surface area contributed by atoms with Gasteiger partial charge in [-0.2, -0.15) is 0 Å². The Morgan fingerprint density at radius 1 is 1.35 bits per heavy atom. The zero-order valence-corrected chi connectivity index (χ0v) is 12.2. The number of nitrogens with zero attached hydrogens (tertiary/aromatic N) is 1. The first kappa shape index (κ1) is 14.9. The highest BCUT2D eigenvalue weighted by molar-refractivity contribution is 4.98. The van der Waals surface area contributed by atoms with Gasteiger partial charge in [0, 0.05) is 18.1 Å². The molecule has 3 unspecified atom stereocenters. The highest BCUT2D eigenvalue weighted by Crippen LogP contribution is 2.34. The van der Waals surface area contributed by atoms with E-state index in [1.165, 1.54) is 12.8 Å². The van der Waals surface area contributed by atoms with Gasteiger partial charge in [0.25, 0.3) is 0 Å². The standard InChI is InChI=1S/C14H30N2O/c1-6-7-11(2)16(5)14(10-15)8-12(3)17-13(4)9-14/h11-13H,6-10,15H2,1-5H3. The molecule has 1 aliphatic heterocycles. The molecular weight excluding hydrogens is 212 g/mol. The van der Waals surface area contributed by atoms with Crippen LogP contribution in [0.25, 0.3) is 0 Å². The fraction of sp³-hybridized carbons (Fsp3) is 1.00. The Labute approximate surface area is 107 Å². The number of rotatable bonds is 5. The van der Waals surface area contributed by atoms with Crippen LogP contribution in [0, 0.1) is 0 Å². The minimum Gasteiger partial charge on any atom is -0.375 e. The normalized spacial score (nSPS) is 36.2. The molecule has 0 radical (unpaired) electrons. The minimum absolute atomic E-state index is 0.131. The predicted octanol–water partition coefficient (Wildman–Crippen LogP) is 2.39. The van der Waals surface area contributed by atoms with Crippen LogP contribution in [0.15, 0.2) is 0 Å². The van der Waals surface area contributed by atoms with Crippen molar-refractivity contribution < 1.29 is 4.74 Å². The third-order valence-electron chi connectivity index (χ3n) is 4.30. The van der Waals surface area contributed by atoms with Crippen molar-refractivity contribution >= 4 is 0 Å². The predicted molar refractivity (Wildman–Crippen MR) is 73.2 cm³/mol. The monoisotopic (exact) mass is 242 g/mol. The second kappa shape index (κ2) is 6.17. The van der Waals surface area contributed by atoms with Gasteiger partial charge in [0.1, 0.15) is 0 Å². The maximum Gasteiger partial charge on any atom is 0.0568 e. The summed E-state index contributed by atoms with van der Waals surface area (Å²) in [5.74, 6) is 0. The van der Waals surface area contributed by atoms with E-state index in [4.69, 9.17) is 10.5 Å². The molecule has 0 aromatic carbocycles. The van der Waals surface area contributed by atoms with Crippen LogP contribution in [0.2, 0.25) is 0 Å². The number of hydrogen-bond donors (Lipinski definition) is 1. The van der Waals surface area contributed by atoms with Gasteiger partial charge in [-0.3, -0.25) is 4.90 Å². The van der Waals surface area contributed by atoms with Gasteiger partial charge in [-0.05, 0) is 47.1 Å². The Morgan fingerprint density at radius 2 is 1.88 bits per heavy atom. The van der Waals surface area contributed by atoms with Gasteiger partial charge in [-0.25, -0.2) is 0 Å². The van der Waals surface area contributed by atoms with E-state index < -0.39 is 0 Å². The summed E-state index contributed by atoms with van der Waals surface area (Å²) in [6, 6.07) is 0.598. The van der Waals surface area contributed by atoms with E-state index in [1.807, 2.05) is 0 Å². The lowest BCUT2D eigenvalue weighted by atomic mass is 9.81. The van der Waals surface area contributed by atoms with Crippen LogP contribution in [0.5, 0.6) is 0 Å². The van der Waals surface area contributed by atoms with Gasteiger partial charge in [0.15, 0.2) is 0 Å². The molecule has 3 nitrogen and oxygen atoms in total. The first-order valence-corrected chi connectivity index (χ1v) is 7.03. The van der Waals surface area contributed by atoms with Gasteiger partial charge < -0.3 is 10.5 Å². The number of likely N-dealkylation sites (N-methyl/N-ethyl adjacent to an activating group) is 1. The molecule has 1 saturated heterocycles. The third kappa shape index (κ3) is 3.43. The molecule has 0 spiro atoms. The number of ether oxygens (including phenoxy) is 1. The van der Waals surface area contributed by atoms with Crippen molar-refractivity contribution in [3.05, 3.63) is 0 Å². The van der Waals surface area contributed by atoms with Gasteiger partial charge in [0.2, 0.25) is 0 Å². The Bertz CT molecular complexity index is 222. The molecule has 0 bridgehead atoms. The summed E-state index contributed by atoms with van der Waals surface area (Å²) in [5, 5.41) is 0. The average molecular weight is 242 g/mol. The largest absolute Gasteiger partial charge is 0.375 e. The van der Waals surface area contributed by atoms with Gasteiger partial charge in [-0.15, -0.1) is 0 Å². The summed E-state index contributed by atoms with van der Waals surface area (Å²) in [5.41, 5.74) is 6.23. The van der Waals surface area contributed by atoms with E-state index in [1.54, 1.807) is 0 Å². The smallest absolute Gasteiger partial charge is 0.0568 e. The van der Waals surface area contributed by atoms with Gasteiger partial charge in [-0.1, -0.05) is 13.3 Å². The number of hydrogen-bond acceptors (Lipinski definition) is 3. The molecule has 102 valence electrons. The lowest BCUT2D eigenvalue weighted by molar-refractivity contribution is -0.105. The third-order valence-corrected chi connectivity index (χ3v) is 4.30. The first-order valence-electron chi connectivity index (χ1n) is 7.03. The van der Waals surface area contributed by atoms with Crippen LogP contribution >= 0.6 is 0 Å². The average Bonchev–Trinajstić information content (AvgIpc) is 2.26. The van der Waals surface area contributed by atoms with Gasteiger partial charge >= 0.3 is 0 Å². The molecule has 0 amide bonds. The molecular formula is C14H30N2O. The van der Waals surface area contributed by atoms with Crippen molar-refractivity contribution in [2.75, 3.05) is 13.6 Å². The van der Waals surface area contributed by atoms with Crippen molar-refractivity contribution in [1.29, 1.82) is 0 Å². The lowest BCUT2D eigenvalue weighted by Crippen LogP contribution is -2.60.